The zero-order valence-electron chi connectivity index (χ0n) is 8.15. The van der Waals surface area contributed by atoms with Crippen LogP contribution in [0, 0.1) is 0 Å². The maximum atomic E-state index is 9.37. The molecule has 2 heteroatoms. The van der Waals surface area contributed by atoms with Gasteiger partial charge in [0.2, 0.25) is 0 Å². The molecule has 15 heavy (non-hydrogen) atoms. The molecule has 0 radical (unpaired) electrons. The van der Waals surface area contributed by atoms with Gasteiger partial charge in [-0.15, -0.1) is 0 Å². The first-order valence-corrected chi connectivity index (χ1v) is 5.87. The first kappa shape index (κ1) is 10.2. The van der Waals surface area contributed by atoms with Crippen molar-refractivity contribution in [3.05, 3.63) is 48.0 Å². The summed E-state index contributed by atoms with van der Waals surface area (Å²) in [7, 11) is 0. The molecule has 2 aromatic carbocycles. The molecule has 0 amide bonds. The number of alkyl halides is 1. The highest BCUT2D eigenvalue weighted by molar-refractivity contribution is 9.09. The minimum atomic E-state index is 0.309. The molecule has 0 aliphatic heterocycles. The summed E-state index contributed by atoms with van der Waals surface area (Å²) < 4.78 is 0. The number of rotatable bonds is 2. The molecule has 0 fully saturated rings. The van der Waals surface area contributed by atoms with Gasteiger partial charge in [0.05, 0.1) is 0 Å². The Bertz CT molecular complexity index is 503. The van der Waals surface area contributed by atoms with Gasteiger partial charge in [-0.2, -0.15) is 0 Å². The van der Waals surface area contributed by atoms with E-state index in [1.54, 1.807) is 12.1 Å². The second-order valence-corrected chi connectivity index (χ2v) is 4.00. The minimum absolute atomic E-state index is 0.309. The third-order valence-electron chi connectivity index (χ3n) is 2.25. The van der Waals surface area contributed by atoms with E-state index in [4.69, 9.17) is 0 Å². The lowest BCUT2D eigenvalue weighted by atomic mass is 10.1. The molecule has 1 N–H and O–H groups in total. The van der Waals surface area contributed by atoms with Crippen LogP contribution in [0.5, 0.6) is 5.75 Å². The quantitative estimate of drug-likeness (QED) is 0.813. The molecule has 0 saturated carbocycles. The Labute approximate surface area is 97.2 Å². The van der Waals surface area contributed by atoms with Crippen LogP contribution in [0.25, 0.3) is 16.8 Å². The van der Waals surface area contributed by atoms with Crippen LogP contribution >= 0.6 is 15.9 Å². The summed E-state index contributed by atoms with van der Waals surface area (Å²) in [5, 5.41) is 12.4. The van der Waals surface area contributed by atoms with Crippen LogP contribution in [-0.4, -0.2) is 10.4 Å². The summed E-state index contributed by atoms with van der Waals surface area (Å²) in [5.41, 5.74) is 1.15. The number of allylic oxidation sites excluding steroid dienone is 1. The Morgan fingerprint density at radius 2 is 1.87 bits per heavy atom. The van der Waals surface area contributed by atoms with Crippen LogP contribution in [0.4, 0.5) is 0 Å². The number of hydrogen-bond acceptors (Lipinski definition) is 1. The fraction of sp³-hybridized carbons (Fsp3) is 0.0769. The predicted octanol–water partition coefficient (Wildman–Crippen LogP) is 3.95. The van der Waals surface area contributed by atoms with E-state index in [0.29, 0.717) is 5.75 Å². The van der Waals surface area contributed by atoms with Crippen molar-refractivity contribution in [3.63, 3.8) is 0 Å². The molecule has 0 bridgehead atoms. The first-order chi connectivity index (χ1) is 7.29. The molecule has 76 valence electrons. The van der Waals surface area contributed by atoms with Gasteiger partial charge in [-0.05, 0) is 34.5 Å². The molecule has 2 rings (SSSR count). The van der Waals surface area contributed by atoms with Gasteiger partial charge in [-0.3, -0.25) is 0 Å². The van der Waals surface area contributed by atoms with Crippen molar-refractivity contribution >= 4 is 32.8 Å². The molecule has 0 unspecified atom stereocenters. The van der Waals surface area contributed by atoms with E-state index in [1.807, 2.05) is 12.1 Å². The molecular weight excluding hydrogens is 252 g/mol. The number of aromatic hydroxyl groups is 1. The summed E-state index contributed by atoms with van der Waals surface area (Å²) in [6.07, 6.45) is 4.10. The van der Waals surface area contributed by atoms with E-state index in [-0.39, 0.29) is 0 Å². The highest BCUT2D eigenvalue weighted by Crippen LogP contribution is 2.21. The van der Waals surface area contributed by atoms with Gasteiger partial charge >= 0.3 is 0 Å². The van der Waals surface area contributed by atoms with Gasteiger partial charge in [0.1, 0.15) is 5.75 Å². The topological polar surface area (TPSA) is 20.2 Å². The number of halogens is 1. The highest BCUT2D eigenvalue weighted by Gasteiger charge is 1.95. The summed E-state index contributed by atoms with van der Waals surface area (Å²) in [5.74, 6) is 0.309. The van der Waals surface area contributed by atoms with Crippen molar-refractivity contribution in [1.29, 1.82) is 0 Å². The average molecular weight is 263 g/mol. The normalized spacial score (nSPS) is 11.3. The Hall–Kier alpha value is -1.28. The molecule has 2 aromatic rings. The molecule has 0 aliphatic carbocycles. The number of phenols is 1. The molecule has 0 spiro atoms. The van der Waals surface area contributed by atoms with Crippen LogP contribution in [0.15, 0.2) is 42.5 Å². The van der Waals surface area contributed by atoms with E-state index in [9.17, 15) is 5.11 Å². The van der Waals surface area contributed by atoms with Gasteiger partial charge in [-0.25, -0.2) is 0 Å². The fourth-order valence-electron chi connectivity index (χ4n) is 1.54. The van der Waals surface area contributed by atoms with Crippen molar-refractivity contribution in [2.75, 3.05) is 5.33 Å². The van der Waals surface area contributed by atoms with Crippen LogP contribution in [0.1, 0.15) is 5.56 Å². The number of benzene rings is 2. The maximum absolute atomic E-state index is 9.37. The van der Waals surface area contributed by atoms with Crippen molar-refractivity contribution in [2.24, 2.45) is 0 Å². The summed E-state index contributed by atoms with van der Waals surface area (Å²) in [6.45, 7) is 0. The lowest BCUT2D eigenvalue weighted by molar-refractivity contribution is 0.476. The van der Waals surface area contributed by atoms with E-state index in [1.165, 1.54) is 0 Å². The van der Waals surface area contributed by atoms with Crippen LogP contribution in [0.3, 0.4) is 0 Å². The van der Waals surface area contributed by atoms with Gasteiger partial charge in [-0.1, -0.05) is 46.3 Å². The van der Waals surface area contributed by atoms with Crippen molar-refractivity contribution in [2.45, 2.75) is 0 Å². The van der Waals surface area contributed by atoms with E-state index >= 15 is 0 Å². The number of hydrogen-bond donors (Lipinski definition) is 1. The van der Waals surface area contributed by atoms with E-state index in [2.05, 4.69) is 40.2 Å². The summed E-state index contributed by atoms with van der Waals surface area (Å²) >= 11 is 3.34. The molecule has 0 saturated heterocycles. The van der Waals surface area contributed by atoms with Crippen LogP contribution in [-0.2, 0) is 0 Å². The molecular formula is C13H11BrO. The van der Waals surface area contributed by atoms with Crippen molar-refractivity contribution in [1.82, 2.24) is 0 Å². The standard InChI is InChI=1S/C13H11BrO/c14-7-1-2-10-3-4-11-5-6-13(15)9-12(11)8-10/h1-6,8-9,15H,7H2. The molecule has 0 aliphatic rings. The Morgan fingerprint density at radius 3 is 2.67 bits per heavy atom. The molecule has 1 nitrogen and oxygen atoms in total. The second-order valence-electron chi connectivity index (χ2n) is 3.35. The Balaban J connectivity index is 2.49. The maximum Gasteiger partial charge on any atom is 0.116 e. The second kappa shape index (κ2) is 4.49. The minimum Gasteiger partial charge on any atom is -0.508 e. The van der Waals surface area contributed by atoms with Gasteiger partial charge < -0.3 is 5.11 Å². The Kier molecular flexibility index (Phi) is 3.07. The molecule has 0 aromatic heterocycles. The lowest BCUT2D eigenvalue weighted by Crippen LogP contribution is -1.76. The lowest BCUT2D eigenvalue weighted by Gasteiger charge is -2.00. The predicted molar refractivity (Wildman–Crippen MR) is 68.4 cm³/mol. The molecule has 0 heterocycles. The zero-order valence-corrected chi connectivity index (χ0v) is 9.74. The Morgan fingerprint density at radius 1 is 1.07 bits per heavy atom. The van der Waals surface area contributed by atoms with Gasteiger partial charge in [0.15, 0.2) is 0 Å². The SMILES string of the molecule is Oc1ccc2ccc(C=CCBr)cc2c1. The summed E-state index contributed by atoms with van der Waals surface area (Å²) in [4.78, 5) is 0. The smallest absolute Gasteiger partial charge is 0.116 e. The number of phenolic OH excluding ortho intramolecular Hbond substituents is 1. The highest BCUT2D eigenvalue weighted by atomic mass is 79.9. The third kappa shape index (κ3) is 2.39. The van der Waals surface area contributed by atoms with Crippen molar-refractivity contribution in [3.8, 4) is 5.75 Å². The van der Waals surface area contributed by atoms with E-state index in [0.717, 1.165) is 21.7 Å². The zero-order chi connectivity index (χ0) is 10.7. The molecule has 0 atom stereocenters. The third-order valence-corrected chi connectivity index (χ3v) is 2.62. The van der Waals surface area contributed by atoms with E-state index < -0.39 is 0 Å². The number of fused-ring (bicyclic) bond motifs is 1. The van der Waals surface area contributed by atoms with Crippen molar-refractivity contribution < 1.29 is 5.11 Å². The van der Waals surface area contributed by atoms with Crippen LogP contribution < -0.4 is 0 Å². The van der Waals surface area contributed by atoms with Crippen LogP contribution in [0.2, 0.25) is 0 Å². The monoisotopic (exact) mass is 262 g/mol. The summed E-state index contributed by atoms with van der Waals surface area (Å²) in [6, 6.07) is 11.6. The largest absolute Gasteiger partial charge is 0.508 e. The fourth-order valence-corrected chi connectivity index (χ4v) is 1.72. The van der Waals surface area contributed by atoms with Gasteiger partial charge in [0, 0.05) is 5.33 Å². The average Bonchev–Trinajstić information content (AvgIpc) is 2.25. The first-order valence-electron chi connectivity index (χ1n) is 4.75. The van der Waals surface area contributed by atoms with Gasteiger partial charge in [0.25, 0.3) is 0 Å².